The Bertz CT molecular complexity index is 687. The molecule has 0 aromatic heterocycles. The smallest absolute Gasteiger partial charge is 0.0982 e. The van der Waals surface area contributed by atoms with E-state index >= 15 is 0 Å². The summed E-state index contributed by atoms with van der Waals surface area (Å²) < 4.78 is 13.1. The molecule has 2 aromatic rings. The predicted molar refractivity (Wildman–Crippen MR) is 103 cm³/mol. The van der Waals surface area contributed by atoms with Crippen LogP contribution in [0.25, 0.3) is 0 Å². The fourth-order valence-corrected chi connectivity index (χ4v) is 8.12. The first-order chi connectivity index (χ1) is 11.1. The summed E-state index contributed by atoms with van der Waals surface area (Å²) in [6.07, 6.45) is 0. The van der Waals surface area contributed by atoms with Crippen LogP contribution >= 0.6 is 0 Å². The standard InChI is InChI=1S/C22H28OS/c1-19(2,3)21(17-13-9-7-10-14-17)22(24(21)23,20(4,5)6)18-15-11-8-12-16-18/h7-16H,1-6H3/t21-,22-/m0/s1. The van der Waals surface area contributed by atoms with Gasteiger partial charge in [-0.2, -0.15) is 0 Å². The van der Waals surface area contributed by atoms with Crippen LogP contribution in [0.3, 0.4) is 0 Å². The average molecular weight is 341 g/mol. The van der Waals surface area contributed by atoms with Crippen molar-refractivity contribution in [3.05, 3.63) is 71.8 Å². The lowest BCUT2D eigenvalue weighted by molar-refractivity contribution is 0.184. The van der Waals surface area contributed by atoms with Gasteiger partial charge in [-0.05, 0) is 22.0 Å². The highest BCUT2D eigenvalue weighted by atomic mass is 32.2. The molecule has 2 atom stereocenters. The SMILES string of the molecule is CC(C)(C)[C@]1(c2ccccc2)S(=O)[C@@]1(c1ccccc1)C(C)(C)C. The van der Waals surface area contributed by atoms with Gasteiger partial charge < -0.3 is 0 Å². The molecule has 0 aliphatic carbocycles. The number of benzene rings is 2. The molecule has 0 radical (unpaired) electrons. The third-order valence-electron chi connectivity index (χ3n) is 5.48. The van der Waals surface area contributed by atoms with E-state index in [0.717, 1.165) is 0 Å². The van der Waals surface area contributed by atoms with E-state index in [-0.39, 0.29) is 20.3 Å². The van der Waals surface area contributed by atoms with Crippen molar-refractivity contribution in [3.63, 3.8) is 0 Å². The molecule has 0 spiro atoms. The van der Waals surface area contributed by atoms with Crippen molar-refractivity contribution in [3.8, 4) is 0 Å². The molecule has 0 saturated carbocycles. The molecule has 0 N–H and O–H groups in total. The lowest BCUT2D eigenvalue weighted by Gasteiger charge is -2.40. The lowest BCUT2D eigenvalue weighted by Crippen LogP contribution is -2.41. The topological polar surface area (TPSA) is 17.1 Å². The van der Waals surface area contributed by atoms with E-state index in [1.54, 1.807) is 0 Å². The molecule has 0 unspecified atom stereocenters. The Morgan fingerprint density at radius 1 is 0.625 bits per heavy atom. The van der Waals surface area contributed by atoms with Gasteiger partial charge in [-0.15, -0.1) is 0 Å². The van der Waals surface area contributed by atoms with Crippen molar-refractivity contribution < 1.29 is 4.21 Å². The highest BCUT2D eigenvalue weighted by Gasteiger charge is 2.84. The molecule has 1 fully saturated rings. The molecule has 128 valence electrons. The Morgan fingerprint density at radius 2 is 0.917 bits per heavy atom. The van der Waals surface area contributed by atoms with Gasteiger partial charge >= 0.3 is 0 Å². The van der Waals surface area contributed by atoms with Crippen molar-refractivity contribution in [1.29, 1.82) is 0 Å². The van der Waals surface area contributed by atoms with Gasteiger partial charge in [-0.25, -0.2) is 0 Å². The lowest BCUT2D eigenvalue weighted by atomic mass is 9.60. The van der Waals surface area contributed by atoms with E-state index in [1.165, 1.54) is 11.1 Å². The van der Waals surface area contributed by atoms with Crippen LogP contribution in [-0.4, -0.2) is 4.21 Å². The fourth-order valence-electron chi connectivity index (χ4n) is 4.75. The first-order valence-corrected chi connectivity index (χ1v) is 9.80. The monoisotopic (exact) mass is 340 g/mol. The zero-order valence-corrected chi connectivity index (χ0v) is 16.4. The first kappa shape index (κ1) is 17.4. The van der Waals surface area contributed by atoms with Crippen molar-refractivity contribution in [2.45, 2.75) is 51.0 Å². The minimum absolute atomic E-state index is 0.123. The predicted octanol–water partition coefficient (Wildman–Crippen LogP) is 5.63. The highest BCUT2D eigenvalue weighted by Crippen LogP contribution is 2.78. The number of hydrogen-bond acceptors (Lipinski definition) is 1. The summed E-state index contributed by atoms with van der Waals surface area (Å²) >= 11 is 0. The Morgan fingerprint density at radius 3 is 1.17 bits per heavy atom. The Kier molecular flexibility index (Phi) is 3.84. The van der Waals surface area contributed by atoms with E-state index in [2.05, 4.69) is 90.1 Å². The summed E-state index contributed by atoms with van der Waals surface area (Å²) in [7, 11) is -0.995. The third kappa shape index (κ3) is 1.95. The van der Waals surface area contributed by atoms with Crippen LogP contribution in [0.15, 0.2) is 60.7 Å². The van der Waals surface area contributed by atoms with Crippen molar-refractivity contribution in [2.75, 3.05) is 0 Å². The fraction of sp³-hybridized carbons (Fsp3) is 0.455. The molecule has 0 amide bonds. The second kappa shape index (κ2) is 5.29. The molecule has 3 rings (SSSR count). The van der Waals surface area contributed by atoms with Gasteiger partial charge in [-0.3, -0.25) is 4.21 Å². The zero-order chi connectivity index (χ0) is 17.8. The molecule has 1 aliphatic heterocycles. The van der Waals surface area contributed by atoms with E-state index < -0.39 is 10.8 Å². The minimum atomic E-state index is -0.995. The van der Waals surface area contributed by atoms with Gasteiger partial charge in [0.25, 0.3) is 0 Å². The molecule has 2 aromatic carbocycles. The quantitative estimate of drug-likeness (QED) is 0.647. The second-order valence-corrected chi connectivity index (χ2v) is 10.6. The molecule has 2 heteroatoms. The third-order valence-corrected chi connectivity index (χ3v) is 8.70. The van der Waals surface area contributed by atoms with Crippen molar-refractivity contribution in [1.82, 2.24) is 0 Å². The van der Waals surface area contributed by atoms with Crippen LogP contribution in [0.5, 0.6) is 0 Å². The summed E-state index contributed by atoms with van der Waals surface area (Å²) in [4.78, 5) is 0. The maximum absolute atomic E-state index is 13.9. The Hall–Kier alpha value is -1.41. The normalized spacial score (nSPS) is 30.2. The van der Waals surface area contributed by atoms with Crippen LogP contribution in [0, 0.1) is 10.8 Å². The van der Waals surface area contributed by atoms with E-state index in [1.807, 2.05) is 12.1 Å². The second-order valence-electron chi connectivity index (χ2n) is 8.86. The highest BCUT2D eigenvalue weighted by molar-refractivity contribution is 7.95. The van der Waals surface area contributed by atoms with Crippen molar-refractivity contribution >= 4 is 10.8 Å². The Balaban J connectivity index is 2.38. The van der Waals surface area contributed by atoms with Crippen LogP contribution in [0.2, 0.25) is 0 Å². The summed E-state index contributed by atoms with van der Waals surface area (Å²) in [5, 5.41) is 0. The molecule has 24 heavy (non-hydrogen) atoms. The summed E-state index contributed by atoms with van der Waals surface area (Å²) in [6.45, 7) is 13.4. The molecule has 0 bridgehead atoms. The van der Waals surface area contributed by atoms with Gasteiger partial charge in [-0.1, -0.05) is 102 Å². The zero-order valence-electron chi connectivity index (χ0n) is 15.6. The van der Waals surface area contributed by atoms with Crippen LogP contribution < -0.4 is 0 Å². The number of hydrogen-bond donors (Lipinski definition) is 0. The van der Waals surface area contributed by atoms with Crippen LogP contribution in [0.1, 0.15) is 52.7 Å². The molecule has 1 heterocycles. The van der Waals surface area contributed by atoms with Crippen molar-refractivity contribution in [2.24, 2.45) is 10.8 Å². The number of rotatable bonds is 2. The molecule has 1 saturated heterocycles. The average Bonchev–Trinajstić information content (AvgIpc) is 3.11. The van der Waals surface area contributed by atoms with E-state index in [4.69, 9.17) is 0 Å². The Labute approximate surface area is 149 Å². The van der Waals surface area contributed by atoms with Gasteiger partial charge in [0.1, 0.15) is 0 Å². The van der Waals surface area contributed by atoms with E-state index in [0.29, 0.717) is 0 Å². The van der Waals surface area contributed by atoms with Crippen LogP contribution in [0.4, 0.5) is 0 Å². The van der Waals surface area contributed by atoms with E-state index in [9.17, 15) is 4.21 Å². The van der Waals surface area contributed by atoms with Gasteiger partial charge in [0.15, 0.2) is 0 Å². The maximum Gasteiger partial charge on any atom is 0.0982 e. The van der Waals surface area contributed by atoms with Gasteiger partial charge in [0.2, 0.25) is 0 Å². The van der Waals surface area contributed by atoms with Gasteiger partial charge in [0, 0.05) is 10.8 Å². The maximum atomic E-state index is 13.9. The summed E-state index contributed by atoms with van der Waals surface area (Å²) in [5.74, 6) is 0. The molecular formula is C22H28OS. The van der Waals surface area contributed by atoms with Gasteiger partial charge in [0.05, 0.1) is 9.49 Å². The molecular weight excluding hydrogens is 312 g/mol. The molecule has 1 nitrogen and oxygen atoms in total. The largest absolute Gasteiger partial charge is 0.258 e. The molecule has 1 aliphatic rings. The first-order valence-electron chi connectivity index (χ1n) is 8.65. The summed E-state index contributed by atoms with van der Waals surface area (Å²) in [5.41, 5.74) is 2.13. The summed E-state index contributed by atoms with van der Waals surface area (Å²) in [6, 6.07) is 20.9. The minimum Gasteiger partial charge on any atom is -0.258 e. The van der Waals surface area contributed by atoms with Crippen LogP contribution in [-0.2, 0) is 20.3 Å².